The Morgan fingerprint density at radius 2 is 1.09 bits per heavy atom. The fraction of sp³-hybridized carbons (Fsp3) is 0.667. The molecule has 0 saturated carbocycles. The van der Waals surface area contributed by atoms with Gasteiger partial charge in [0.2, 0.25) is 0 Å². The molecule has 132 valence electrons. The van der Waals surface area contributed by atoms with Gasteiger partial charge in [-0.15, -0.1) is 0 Å². The topological polar surface area (TPSA) is 53.7 Å². The summed E-state index contributed by atoms with van der Waals surface area (Å²) in [6.07, 6.45) is 0. The Morgan fingerprint density at radius 1 is 0.739 bits per heavy atom. The maximum Gasteiger partial charge on any atom is 0.537 e. The Balaban J connectivity index is 3.10. The second-order valence-electron chi connectivity index (χ2n) is 7.29. The summed E-state index contributed by atoms with van der Waals surface area (Å²) in [6.45, 7) is 14.6. The van der Waals surface area contributed by atoms with Gasteiger partial charge in [0.15, 0.2) is 0 Å². The molecule has 23 heavy (non-hydrogen) atoms. The highest BCUT2D eigenvalue weighted by molar-refractivity contribution is 6.75. The molecule has 5 heteroatoms. The highest BCUT2D eigenvalue weighted by Crippen LogP contribution is 2.16. The van der Waals surface area contributed by atoms with E-state index in [-0.39, 0.29) is 0 Å². The van der Waals surface area contributed by atoms with Crippen LogP contribution in [0.15, 0.2) is 24.3 Å². The zero-order valence-electron chi connectivity index (χ0n) is 15.5. The summed E-state index contributed by atoms with van der Waals surface area (Å²) >= 11 is 0. The molecule has 0 spiro atoms. The Bertz CT molecular complexity index is 415. The third-order valence-corrected chi connectivity index (χ3v) is 5.76. The van der Waals surface area contributed by atoms with Crippen LogP contribution in [0, 0.1) is 17.8 Å². The summed E-state index contributed by atoms with van der Waals surface area (Å²) in [4.78, 5) is 0. The molecule has 0 atom stereocenters. The van der Waals surface area contributed by atoms with Gasteiger partial charge in [-0.2, -0.15) is 0 Å². The lowest BCUT2D eigenvalue weighted by Crippen LogP contribution is -2.58. The standard InChI is InChI=1S/C18H33NO3Si/c1-14(2)11-20-23(21-12-15(3)4,22-13-16(5)6)18-9-7-17(19)8-10-18/h7-10,14-16H,11-13,19H2,1-6H3. The van der Waals surface area contributed by atoms with Crippen LogP contribution in [-0.4, -0.2) is 28.6 Å². The lowest BCUT2D eigenvalue weighted by atomic mass is 10.2. The molecule has 0 aliphatic carbocycles. The van der Waals surface area contributed by atoms with Crippen molar-refractivity contribution in [2.45, 2.75) is 41.5 Å². The number of anilines is 1. The van der Waals surface area contributed by atoms with Crippen molar-refractivity contribution in [2.24, 2.45) is 17.8 Å². The molecule has 0 saturated heterocycles. The van der Waals surface area contributed by atoms with E-state index in [2.05, 4.69) is 41.5 Å². The molecule has 0 heterocycles. The zero-order chi connectivity index (χ0) is 17.5. The summed E-state index contributed by atoms with van der Waals surface area (Å²) in [5.74, 6) is 1.25. The van der Waals surface area contributed by atoms with Crippen LogP contribution in [0.5, 0.6) is 0 Å². The second-order valence-corrected chi connectivity index (χ2v) is 9.85. The van der Waals surface area contributed by atoms with E-state index in [4.69, 9.17) is 19.0 Å². The summed E-state index contributed by atoms with van der Waals surface area (Å²) in [5, 5.41) is 0.980. The van der Waals surface area contributed by atoms with Gasteiger partial charge >= 0.3 is 8.80 Å². The van der Waals surface area contributed by atoms with E-state index >= 15 is 0 Å². The minimum absolute atomic E-state index is 0.418. The Morgan fingerprint density at radius 3 is 1.39 bits per heavy atom. The van der Waals surface area contributed by atoms with Crippen LogP contribution < -0.4 is 10.9 Å². The van der Waals surface area contributed by atoms with Crippen molar-refractivity contribution in [3.05, 3.63) is 24.3 Å². The van der Waals surface area contributed by atoms with Crippen molar-refractivity contribution in [3.63, 3.8) is 0 Å². The van der Waals surface area contributed by atoms with Crippen LogP contribution in [0.25, 0.3) is 0 Å². The van der Waals surface area contributed by atoms with Crippen LogP contribution >= 0.6 is 0 Å². The van der Waals surface area contributed by atoms with E-state index in [1.54, 1.807) is 0 Å². The zero-order valence-corrected chi connectivity index (χ0v) is 16.5. The Kier molecular flexibility index (Phi) is 8.26. The molecule has 0 fully saturated rings. The predicted molar refractivity (Wildman–Crippen MR) is 98.6 cm³/mol. The normalized spacial score (nSPS) is 12.6. The lowest BCUT2D eigenvalue weighted by Gasteiger charge is -2.32. The average Bonchev–Trinajstić information content (AvgIpc) is 2.47. The quantitative estimate of drug-likeness (QED) is 0.524. The highest BCUT2D eigenvalue weighted by Gasteiger charge is 2.44. The molecule has 0 aliphatic heterocycles. The number of nitrogen functional groups attached to an aromatic ring is 1. The lowest BCUT2D eigenvalue weighted by molar-refractivity contribution is 0.0495. The van der Waals surface area contributed by atoms with Crippen LogP contribution in [0.3, 0.4) is 0 Å². The van der Waals surface area contributed by atoms with Crippen LogP contribution in [0.4, 0.5) is 5.69 Å². The molecular formula is C18H33NO3Si. The van der Waals surface area contributed by atoms with Crippen LogP contribution in [0.2, 0.25) is 0 Å². The number of hydrogen-bond donors (Lipinski definition) is 1. The number of rotatable bonds is 10. The molecule has 1 aromatic carbocycles. The molecule has 0 amide bonds. The van der Waals surface area contributed by atoms with Crippen molar-refractivity contribution in [1.29, 1.82) is 0 Å². The minimum Gasteiger partial charge on any atom is -0.399 e. The molecule has 0 radical (unpaired) electrons. The highest BCUT2D eigenvalue weighted by atomic mass is 28.4. The van der Waals surface area contributed by atoms with E-state index in [0.717, 1.165) is 10.9 Å². The van der Waals surface area contributed by atoms with Gasteiger partial charge in [0.25, 0.3) is 0 Å². The van der Waals surface area contributed by atoms with E-state index in [9.17, 15) is 0 Å². The van der Waals surface area contributed by atoms with Crippen molar-refractivity contribution in [2.75, 3.05) is 25.6 Å². The fourth-order valence-electron chi connectivity index (χ4n) is 1.89. The molecule has 1 rings (SSSR count). The number of nitrogens with two attached hydrogens (primary N) is 1. The van der Waals surface area contributed by atoms with Crippen LogP contribution in [-0.2, 0) is 13.3 Å². The molecule has 0 bridgehead atoms. The minimum atomic E-state index is -2.94. The molecule has 0 aromatic heterocycles. The maximum absolute atomic E-state index is 6.27. The molecule has 0 unspecified atom stereocenters. The largest absolute Gasteiger partial charge is 0.537 e. The van der Waals surface area contributed by atoms with Crippen molar-refractivity contribution in [1.82, 2.24) is 0 Å². The molecule has 1 aromatic rings. The molecule has 2 N–H and O–H groups in total. The van der Waals surface area contributed by atoms with Gasteiger partial charge in [0.1, 0.15) is 0 Å². The van der Waals surface area contributed by atoms with Crippen molar-refractivity contribution >= 4 is 19.7 Å². The summed E-state index contributed by atoms with van der Waals surface area (Å²) in [5.41, 5.74) is 6.56. The van der Waals surface area contributed by atoms with Gasteiger partial charge in [-0.25, -0.2) is 0 Å². The maximum atomic E-state index is 6.27. The number of benzene rings is 1. The van der Waals surface area contributed by atoms with Crippen molar-refractivity contribution in [3.8, 4) is 0 Å². The van der Waals surface area contributed by atoms with Crippen molar-refractivity contribution < 1.29 is 13.3 Å². The first-order valence-electron chi connectivity index (χ1n) is 8.53. The van der Waals surface area contributed by atoms with Gasteiger partial charge in [-0.05, 0) is 29.9 Å². The van der Waals surface area contributed by atoms with E-state index in [1.165, 1.54) is 0 Å². The smallest absolute Gasteiger partial charge is 0.399 e. The predicted octanol–water partition coefficient (Wildman–Crippen LogP) is 3.43. The van der Waals surface area contributed by atoms with Crippen LogP contribution in [0.1, 0.15) is 41.5 Å². The van der Waals surface area contributed by atoms with E-state index in [1.807, 2.05) is 24.3 Å². The third-order valence-electron chi connectivity index (χ3n) is 3.08. The fourth-order valence-corrected chi connectivity index (χ4v) is 4.87. The second kappa shape index (κ2) is 9.42. The average molecular weight is 340 g/mol. The van der Waals surface area contributed by atoms with E-state index in [0.29, 0.717) is 37.6 Å². The van der Waals surface area contributed by atoms with Gasteiger partial charge < -0.3 is 19.0 Å². The van der Waals surface area contributed by atoms with Gasteiger partial charge in [0.05, 0.1) is 0 Å². The Labute approximate surface area is 142 Å². The third kappa shape index (κ3) is 7.04. The summed E-state index contributed by atoms with van der Waals surface area (Å²) in [7, 11) is -2.94. The van der Waals surface area contributed by atoms with E-state index < -0.39 is 8.80 Å². The monoisotopic (exact) mass is 339 g/mol. The van der Waals surface area contributed by atoms with Gasteiger partial charge in [0, 0.05) is 30.7 Å². The first kappa shape index (κ1) is 20.2. The Hall–Kier alpha value is -0.883. The summed E-state index contributed by atoms with van der Waals surface area (Å²) < 4.78 is 18.8. The molecule has 4 nitrogen and oxygen atoms in total. The SMILES string of the molecule is CC(C)CO[Si](OCC(C)C)(OCC(C)C)c1ccc(N)cc1. The van der Waals surface area contributed by atoms with Gasteiger partial charge in [-0.3, -0.25) is 0 Å². The van der Waals surface area contributed by atoms with Gasteiger partial charge in [-0.1, -0.05) is 53.7 Å². The molecule has 0 aliphatic rings. The summed E-state index contributed by atoms with van der Waals surface area (Å²) in [6, 6.07) is 7.71. The number of hydrogen-bond acceptors (Lipinski definition) is 4. The first-order valence-corrected chi connectivity index (χ1v) is 10.3. The molecular weight excluding hydrogens is 306 g/mol. The first-order chi connectivity index (χ1) is 10.7.